The van der Waals surface area contributed by atoms with Crippen molar-refractivity contribution in [3.05, 3.63) is 33.8 Å². The summed E-state index contributed by atoms with van der Waals surface area (Å²) in [4.78, 5) is 0. The van der Waals surface area contributed by atoms with E-state index in [0.29, 0.717) is 0 Å². The van der Waals surface area contributed by atoms with E-state index in [-0.39, 0.29) is 22.4 Å². The van der Waals surface area contributed by atoms with Gasteiger partial charge >= 0.3 is 0 Å². The van der Waals surface area contributed by atoms with Gasteiger partial charge in [-0.2, -0.15) is 0 Å². The van der Waals surface area contributed by atoms with Crippen LogP contribution in [0.15, 0.2) is 16.6 Å². The molecule has 100 valence electrons. The summed E-state index contributed by atoms with van der Waals surface area (Å²) in [6, 6.07) is 2.64. The van der Waals surface area contributed by atoms with Crippen LogP contribution < -0.4 is 0 Å². The lowest BCUT2D eigenvalue weighted by Crippen LogP contribution is -2.22. The van der Waals surface area contributed by atoms with E-state index in [9.17, 15) is 13.9 Å². The molecule has 1 aromatic rings. The molecule has 0 saturated heterocycles. The zero-order chi connectivity index (χ0) is 13.1. The first-order chi connectivity index (χ1) is 8.59. The molecule has 18 heavy (non-hydrogen) atoms. The molecule has 4 heteroatoms. The predicted octanol–water partition coefficient (Wildman–Crippen LogP) is 4.21. The number of rotatable bonds is 2. The van der Waals surface area contributed by atoms with Crippen LogP contribution in [0.3, 0.4) is 0 Å². The van der Waals surface area contributed by atoms with Gasteiger partial charge < -0.3 is 5.11 Å². The Morgan fingerprint density at radius 2 is 1.89 bits per heavy atom. The molecule has 1 N–H and O–H groups in total. The fourth-order valence-electron chi connectivity index (χ4n) is 2.62. The molecule has 1 saturated carbocycles. The van der Waals surface area contributed by atoms with Crippen molar-refractivity contribution in [3.63, 3.8) is 0 Å². The predicted molar refractivity (Wildman–Crippen MR) is 70.3 cm³/mol. The van der Waals surface area contributed by atoms with Crippen molar-refractivity contribution >= 4 is 15.9 Å². The topological polar surface area (TPSA) is 20.2 Å². The molecule has 1 aliphatic carbocycles. The zero-order valence-corrected chi connectivity index (χ0v) is 11.7. The van der Waals surface area contributed by atoms with Crippen molar-refractivity contribution in [2.75, 3.05) is 0 Å². The third kappa shape index (κ3) is 3.09. The van der Waals surface area contributed by atoms with Crippen LogP contribution in [0.4, 0.5) is 8.78 Å². The lowest BCUT2D eigenvalue weighted by molar-refractivity contribution is 0.0996. The minimum Gasteiger partial charge on any atom is -0.393 e. The monoisotopic (exact) mass is 318 g/mol. The number of aliphatic hydroxyl groups is 1. The molecular formula is C14H17BrF2O. The summed E-state index contributed by atoms with van der Waals surface area (Å²) in [7, 11) is 0. The molecule has 1 aromatic carbocycles. The second-order valence-electron chi connectivity index (χ2n) is 4.99. The highest BCUT2D eigenvalue weighted by Gasteiger charge is 2.25. The van der Waals surface area contributed by atoms with Gasteiger partial charge in [0.2, 0.25) is 0 Å². The van der Waals surface area contributed by atoms with Gasteiger partial charge in [0.05, 0.1) is 10.6 Å². The Bertz CT molecular complexity index is 423. The quantitative estimate of drug-likeness (QED) is 0.639. The Morgan fingerprint density at radius 3 is 2.67 bits per heavy atom. The lowest BCUT2D eigenvalue weighted by atomic mass is 9.90. The molecule has 2 atom stereocenters. The standard InChI is InChI=1S/C14H17BrF2O/c15-11-6-7-12(16)10(14(11)17)8-9-4-2-1-3-5-13(9)18/h6-7,9,13,18H,1-5,8H2. The zero-order valence-electron chi connectivity index (χ0n) is 10.1. The van der Waals surface area contributed by atoms with Gasteiger partial charge in [-0.3, -0.25) is 0 Å². The number of benzene rings is 1. The number of halogens is 3. The molecular weight excluding hydrogens is 302 g/mol. The molecule has 1 aliphatic rings. The van der Waals surface area contributed by atoms with E-state index in [1.807, 2.05) is 0 Å². The molecule has 0 amide bonds. The second kappa shape index (κ2) is 6.11. The molecule has 0 spiro atoms. The summed E-state index contributed by atoms with van der Waals surface area (Å²) in [5.74, 6) is -1.09. The van der Waals surface area contributed by atoms with Gasteiger partial charge in [0, 0.05) is 5.56 Å². The van der Waals surface area contributed by atoms with Crippen LogP contribution in [0.5, 0.6) is 0 Å². The third-order valence-electron chi connectivity index (χ3n) is 3.72. The van der Waals surface area contributed by atoms with Gasteiger partial charge in [-0.05, 0) is 53.2 Å². The minimum absolute atomic E-state index is 0.0363. The molecule has 1 nitrogen and oxygen atoms in total. The van der Waals surface area contributed by atoms with Crippen molar-refractivity contribution in [3.8, 4) is 0 Å². The Labute approximate surface area is 114 Å². The van der Waals surface area contributed by atoms with Gasteiger partial charge in [0.15, 0.2) is 0 Å². The summed E-state index contributed by atoms with van der Waals surface area (Å²) < 4.78 is 27.8. The Morgan fingerprint density at radius 1 is 1.17 bits per heavy atom. The van der Waals surface area contributed by atoms with Gasteiger partial charge in [-0.25, -0.2) is 8.78 Å². The van der Waals surface area contributed by atoms with Crippen LogP contribution in [0, 0.1) is 17.6 Å². The average Bonchev–Trinajstić information content (AvgIpc) is 2.55. The highest BCUT2D eigenvalue weighted by Crippen LogP contribution is 2.30. The average molecular weight is 319 g/mol. The molecule has 2 rings (SSSR count). The van der Waals surface area contributed by atoms with Crippen molar-refractivity contribution < 1.29 is 13.9 Å². The van der Waals surface area contributed by atoms with Crippen LogP contribution in [0.1, 0.15) is 37.7 Å². The maximum absolute atomic E-state index is 13.9. The summed E-state index contributed by atoms with van der Waals surface area (Å²) in [5.41, 5.74) is 0.0929. The van der Waals surface area contributed by atoms with Crippen LogP contribution >= 0.6 is 15.9 Å². The molecule has 0 aromatic heterocycles. The molecule has 0 aliphatic heterocycles. The summed E-state index contributed by atoms with van der Waals surface area (Å²) in [6.07, 6.45) is 4.54. The van der Waals surface area contributed by atoms with Crippen LogP contribution in [-0.4, -0.2) is 11.2 Å². The van der Waals surface area contributed by atoms with E-state index in [2.05, 4.69) is 15.9 Å². The van der Waals surface area contributed by atoms with E-state index in [1.165, 1.54) is 12.1 Å². The number of aliphatic hydroxyl groups excluding tert-OH is 1. The Balaban J connectivity index is 2.19. The van der Waals surface area contributed by atoms with Crippen LogP contribution in [-0.2, 0) is 6.42 Å². The van der Waals surface area contributed by atoms with Crippen molar-refractivity contribution in [2.24, 2.45) is 5.92 Å². The molecule has 2 unspecified atom stereocenters. The smallest absolute Gasteiger partial charge is 0.143 e. The van der Waals surface area contributed by atoms with E-state index < -0.39 is 17.7 Å². The molecule has 0 bridgehead atoms. The Hall–Kier alpha value is -0.480. The molecule has 1 fully saturated rings. The van der Waals surface area contributed by atoms with E-state index >= 15 is 0 Å². The minimum atomic E-state index is -0.536. The highest BCUT2D eigenvalue weighted by molar-refractivity contribution is 9.10. The fourth-order valence-corrected chi connectivity index (χ4v) is 2.99. The number of hydrogen-bond acceptors (Lipinski definition) is 1. The van der Waals surface area contributed by atoms with Gasteiger partial charge in [-0.15, -0.1) is 0 Å². The first kappa shape index (κ1) is 13.9. The van der Waals surface area contributed by atoms with Gasteiger partial charge in [0.25, 0.3) is 0 Å². The van der Waals surface area contributed by atoms with Crippen molar-refractivity contribution in [1.29, 1.82) is 0 Å². The maximum Gasteiger partial charge on any atom is 0.143 e. The van der Waals surface area contributed by atoms with Crippen molar-refractivity contribution in [2.45, 2.75) is 44.6 Å². The summed E-state index contributed by atoms with van der Waals surface area (Å²) in [6.45, 7) is 0. The van der Waals surface area contributed by atoms with E-state index in [0.717, 1.165) is 32.1 Å². The lowest BCUT2D eigenvalue weighted by Gasteiger charge is -2.21. The molecule has 0 heterocycles. The first-order valence-corrected chi connectivity index (χ1v) is 7.19. The first-order valence-electron chi connectivity index (χ1n) is 6.40. The van der Waals surface area contributed by atoms with E-state index in [4.69, 9.17) is 0 Å². The summed E-state index contributed by atoms with van der Waals surface area (Å²) >= 11 is 3.07. The highest BCUT2D eigenvalue weighted by atomic mass is 79.9. The van der Waals surface area contributed by atoms with E-state index in [1.54, 1.807) is 0 Å². The maximum atomic E-state index is 13.9. The van der Waals surface area contributed by atoms with Gasteiger partial charge in [-0.1, -0.05) is 19.3 Å². The SMILES string of the molecule is OC1CCCCCC1Cc1c(F)ccc(Br)c1F. The summed E-state index contributed by atoms with van der Waals surface area (Å²) in [5, 5.41) is 10.0. The van der Waals surface area contributed by atoms with Crippen molar-refractivity contribution in [1.82, 2.24) is 0 Å². The second-order valence-corrected chi connectivity index (χ2v) is 5.85. The Kier molecular flexibility index (Phi) is 4.73. The third-order valence-corrected chi connectivity index (χ3v) is 4.34. The normalized spacial score (nSPS) is 24.9. The van der Waals surface area contributed by atoms with Gasteiger partial charge in [0.1, 0.15) is 11.6 Å². The number of hydrogen-bond donors (Lipinski definition) is 1. The fraction of sp³-hybridized carbons (Fsp3) is 0.571. The van der Waals surface area contributed by atoms with Crippen LogP contribution in [0.25, 0.3) is 0 Å². The van der Waals surface area contributed by atoms with Crippen LogP contribution in [0.2, 0.25) is 0 Å². The largest absolute Gasteiger partial charge is 0.393 e. The molecule has 0 radical (unpaired) electrons.